The number of benzene rings is 1. The zero-order valence-corrected chi connectivity index (χ0v) is 16.2. The summed E-state index contributed by atoms with van der Waals surface area (Å²) in [5.74, 6) is -0.201. The Bertz CT molecular complexity index is 909. The molecule has 1 amide bonds. The number of alkyl halides is 3. The highest BCUT2D eigenvalue weighted by molar-refractivity contribution is 5.95. The second-order valence-corrected chi connectivity index (χ2v) is 8.30. The van der Waals surface area contributed by atoms with E-state index < -0.39 is 23.9 Å². The van der Waals surface area contributed by atoms with Gasteiger partial charge in [-0.25, -0.2) is 4.39 Å². The summed E-state index contributed by atoms with van der Waals surface area (Å²) in [5, 5.41) is 7.19. The summed E-state index contributed by atoms with van der Waals surface area (Å²) >= 11 is 0. The SMILES string of the molecule is Cn1nc(CC2CCC2)c(-c2ccc(F)cc2)c1NC(=O)CC1(C(F)(F)F)CC1. The first kappa shape index (κ1) is 19.9. The summed E-state index contributed by atoms with van der Waals surface area (Å²) in [6, 6.07) is 5.85. The molecule has 29 heavy (non-hydrogen) atoms. The Hall–Kier alpha value is -2.38. The van der Waals surface area contributed by atoms with Crippen molar-refractivity contribution in [3.05, 3.63) is 35.8 Å². The first-order valence-corrected chi connectivity index (χ1v) is 9.87. The smallest absolute Gasteiger partial charge is 0.310 e. The maximum absolute atomic E-state index is 13.4. The Morgan fingerprint density at radius 3 is 2.41 bits per heavy atom. The van der Waals surface area contributed by atoms with Gasteiger partial charge >= 0.3 is 6.18 Å². The summed E-state index contributed by atoms with van der Waals surface area (Å²) in [6.45, 7) is 0. The molecule has 1 aromatic heterocycles. The van der Waals surface area contributed by atoms with Crippen LogP contribution >= 0.6 is 0 Å². The van der Waals surface area contributed by atoms with Crippen LogP contribution in [-0.4, -0.2) is 21.9 Å². The molecule has 0 aliphatic heterocycles. The zero-order valence-electron chi connectivity index (χ0n) is 16.2. The number of nitrogens with zero attached hydrogens (tertiary/aromatic N) is 2. The van der Waals surface area contributed by atoms with Gasteiger partial charge in [0.15, 0.2) is 0 Å². The van der Waals surface area contributed by atoms with Crippen molar-refractivity contribution in [2.75, 3.05) is 5.32 Å². The maximum Gasteiger partial charge on any atom is 0.395 e. The largest absolute Gasteiger partial charge is 0.395 e. The van der Waals surface area contributed by atoms with Crippen molar-refractivity contribution in [1.29, 1.82) is 0 Å². The minimum atomic E-state index is -4.38. The van der Waals surface area contributed by atoms with Gasteiger partial charge in [-0.15, -0.1) is 0 Å². The van der Waals surface area contributed by atoms with E-state index in [0.717, 1.165) is 25.0 Å². The van der Waals surface area contributed by atoms with Gasteiger partial charge in [-0.2, -0.15) is 18.3 Å². The summed E-state index contributed by atoms with van der Waals surface area (Å²) in [5.41, 5.74) is 0.210. The van der Waals surface area contributed by atoms with Crippen LogP contribution in [0.25, 0.3) is 11.1 Å². The second kappa shape index (κ2) is 7.15. The Morgan fingerprint density at radius 2 is 1.90 bits per heavy atom. The predicted octanol–water partition coefficient (Wildman–Crippen LogP) is 5.24. The third-order valence-corrected chi connectivity index (χ3v) is 6.17. The number of anilines is 1. The second-order valence-electron chi connectivity index (χ2n) is 8.30. The molecular formula is C21H23F4N3O. The fourth-order valence-electron chi connectivity index (χ4n) is 3.95. The van der Waals surface area contributed by atoms with Gasteiger partial charge in [0.2, 0.25) is 5.91 Å². The molecule has 0 unspecified atom stereocenters. The highest BCUT2D eigenvalue weighted by Crippen LogP contribution is 2.60. The van der Waals surface area contributed by atoms with Crippen molar-refractivity contribution in [1.82, 2.24) is 9.78 Å². The number of hydrogen-bond donors (Lipinski definition) is 1. The molecule has 1 heterocycles. The van der Waals surface area contributed by atoms with E-state index in [9.17, 15) is 22.4 Å². The standard InChI is InChI=1S/C21H23F4N3O/c1-28-19(26-17(29)12-20(9-10-20)21(23,24)25)18(14-5-7-15(22)8-6-14)16(27-28)11-13-3-2-4-13/h5-8,13H,2-4,9-12H2,1H3,(H,26,29). The van der Waals surface area contributed by atoms with Crippen molar-refractivity contribution in [2.24, 2.45) is 18.4 Å². The number of carbonyl (C=O) groups excluding carboxylic acids is 1. The fourth-order valence-corrected chi connectivity index (χ4v) is 3.95. The summed E-state index contributed by atoms with van der Waals surface area (Å²) in [7, 11) is 1.66. The van der Waals surface area contributed by atoms with Gasteiger partial charge in [0.25, 0.3) is 0 Å². The molecule has 0 saturated heterocycles. The van der Waals surface area contributed by atoms with Crippen molar-refractivity contribution >= 4 is 11.7 Å². The molecule has 2 aliphatic carbocycles. The molecule has 2 aliphatic rings. The number of aromatic nitrogens is 2. The molecule has 2 aromatic rings. The monoisotopic (exact) mass is 409 g/mol. The van der Waals surface area contributed by atoms with Crippen LogP contribution in [0.2, 0.25) is 0 Å². The number of amides is 1. The number of carbonyl (C=O) groups is 1. The third-order valence-electron chi connectivity index (χ3n) is 6.17. The molecule has 0 bridgehead atoms. The Balaban J connectivity index is 1.63. The number of nitrogens with one attached hydrogen (secondary N) is 1. The van der Waals surface area contributed by atoms with E-state index in [1.807, 2.05) is 0 Å². The van der Waals surface area contributed by atoms with E-state index in [0.29, 0.717) is 22.9 Å². The summed E-state index contributed by atoms with van der Waals surface area (Å²) in [6.07, 6.45) is -0.908. The van der Waals surface area contributed by atoms with Crippen LogP contribution in [-0.2, 0) is 18.3 Å². The van der Waals surface area contributed by atoms with E-state index in [4.69, 9.17) is 0 Å². The number of rotatable bonds is 6. The van der Waals surface area contributed by atoms with Gasteiger partial charge in [-0.05, 0) is 42.9 Å². The molecule has 8 heteroatoms. The molecule has 4 rings (SSSR count). The predicted molar refractivity (Wildman–Crippen MR) is 101 cm³/mol. The Morgan fingerprint density at radius 1 is 1.24 bits per heavy atom. The summed E-state index contributed by atoms with van der Waals surface area (Å²) in [4.78, 5) is 12.5. The topological polar surface area (TPSA) is 46.9 Å². The number of halogens is 4. The average molecular weight is 409 g/mol. The lowest BCUT2D eigenvalue weighted by Gasteiger charge is -2.24. The lowest BCUT2D eigenvalue weighted by atomic mass is 9.81. The quantitative estimate of drug-likeness (QED) is 0.664. The molecule has 2 saturated carbocycles. The Kier molecular flexibility index (Phi) is 4.91. The van der Waals surface area contributed by atoms with Crippen LogP contribution in [0.4, 0.5) is 23.4 Å². The van der Waals surface area contributed by atoms with Crippen LogP contribution in [0.15, 0.2) is 24.3 Å². The zero-order chi connectivity index (χ0) is 20.8. The van der Waals surface area contributed by atoms with E-state index in [-0.39, 0.29) is 18.7 Å². The van der Waals surface area contributed by atoms with Gasteiger partial charge in [0.1, 0.15) is 11.6 Å². The van der Waals surface area contributed by atoms with Crippen LogP contribution in [0.3, 0.4) is 0 Å². The molecule has 0 atom stereocenters. The highest BCUT2D eigenvalue weighted by Gasteiger charge is 2.63. The van der Waals surface area contributed by atoms with Crippen LogP contribution < -0.4 is 5.32 Å². The maximum atomic E-state index is 13.4. The van der Waals surface area contributed by atoms with Crippen LogP contribution in [0, 0.1) is 17.2 Å². The summed E-state index contributed by atoms with van der Waals surface area (Å²) < 4.78 is 54.5. The normalized spacial score (nSPS) is 18.4. The highest BCUT2D eigenvalue weighted by atomic mass is 19.4. The third kappa shape index (κ3) is 3.89. The van der Waals surface area contributed by atoms with Crippen molar-refractivity contribution in [3.8, 4) is 11.1 Å². The van der Waals surface area contributed by atoms with Crippen molar-refractivity contribution in [2.45, 2.75) is 51.1 Å². The molecule has 2 fully saturated rings. The molecule has 156 valence electrons. The number of aryl methyl sites for hydroxylation is 1. The molecule has 1 N–H and O–H groups in total. The van der Waals surface area contributed by atoms with E-state index in [1.165, 1.54) is 23.2 Å². The van der Waals surface area contributed by atoms with Gasteiger partial charge < -0.3 is 5.32 Å². The molecule has 4 nitrogen and oxygen atoms in total. The fraction of sp³-hybridized carbons (Fsp3) is 0.524. The van der Waals surface area contributed by atoms with E-state index >= 15 is 0 Å². The van der Waals surface area contributed by atoms with Crippen LogP contribution in [0.5, 0.6) is 0 Å². The Labute approximate surface area is 166 Å². The molecular weight excluding hydrogens is 386 g/mol. The first-order valence-electron chi connectivity index (χ1n) is 9.87. The van der Waals surface area contributed by atoms with Crippen molar-refractivity contribution < 1.29 is 22.4 Å². The van der Waals surface area contributed by atoms with Crippen LogP contribution in [0.1, 0.15) is 44.2 Å². The first-order chi connectivity index (χ1) is 13.7. The van der Waals surface area contributed by atoms with E-state index in [2.05, 4.69) is 10.4 Å². The lowest BCUT2D eigenvalue weighted by molar-refractivity contribution is -0.189. The van der Waals surface area contributed by atoms with Crippen molar-refractivity contribution in [3.63, 3.8) is 0 Å². The van der Waals surface area contributed by atoms with Gasteiger partial charge in [-0.1, -0.05) is 31.4 Å². The van der Waals surface area contributed by atoms with Gasteiger partial charge in [-0.3, -0.25) is 9.48 Å². The minimum absolute atomic E-state index is 0.0208. The molecule has 1 aromatic carbocycles. The molecule has 0 spiro atoms. The minimum Gasteiger partial charge on any atom is -0.310 e. The van der Waals surface area contributed by atoms with Gasteiger partial charge in [0, 0.05) is 19.0 Å². The molecule has 0 radical (unpaired) electrons. The van der Waals surface area contributed by atoms with Gasteiger partial charge in [0.05, 0.1) is 11.1 Å². The lowest BCUT2D eigenvalue weighted by Crippen LogP contribution is -2.30. The average Bonchev–Trinajstić information content (AvgIpc) is 3.33. The van der Waals surface area contributed by atoms with E-state index in [1.54, 1.807) is 19.2 Å². The number of hydrogen-bond acceptors (Lipinski definition) is 2.